The number of nitrogens with zero attached hydrogens (tertiary/aromatic N) is 3. The minimum atomic E-state index is 0.108. The molecule has 0 radical (unpaired) electrons. The van der Waals surface area contributed by atoms with Crippen molar-refractivity contribution in [1.29, 1.82) is 0 Å². The van der Waals surface area contributed by atoms with E-state index in [1.807, 2.05) is 0 Å². The van der Waals surface area contributed by atoms with Crippen molar-refractivity contribution in [3.05, 3.63) is 10.6 Å². The van der Waals surface area contributed by atoms with Gasteiger partial charge in [0.1, 0.15) is 0 Å². The molecule has 0 aromatic carbocycles. The van der Waals surface area contributed by atoms with Crippen LogP contribution >= 0.6 is 23.2 Å². The van der Waals surface area contributed by atoms with Crippen LogP contribution in [0.5, 0.6) is 0 Å². The van der Waals surface area contributed by atoms with Crippen LogP contribution in [0, 0.1) is 5.92 Å². The molecule has 0 amide bonds. The molecule has 4 nitrogen and oxygen atoms in total. The molecule has 0 fully saturated rings. The van der Waals surface area contributed by atoms with Gasteiger partial charge in [-0.3, -0.25) is 0 Å². The first kappa shape index (κ1) is 12.5. The number of hydrogen-bond donors (Lipinski definition) is 1. The summed E-state index contributed by atoms with van der Waals surface area (Å²) in [6.45, 7) is 6.36. The number of nitrogens with one attached hydrogen (secondary N) is 1. The highest BCUT2D eigenvalue weighted by Gasteiger charge is 2.13. The van der Waals surface area contributed by atoms with Crippen molar-refractivity contribution in [3.63, 3.8) is 0 Å². The minimum absolute atomic E-state index is 0.108. The zero-order valence-electron chi connectivity index (χ0n) is 8.96. The summed E-state index contributed by atoms with van der Waals surface area (Å²) in [7, 11) is 0. The average Bonchev–Trinajstić information content (AvgIpc) is 2.12. The monoisotopic (exact) mass is 248 g/mol. The van der Waals surface area contributed by atoms with Crippen molar-refractivity contribution >= 4 is 29.2 Å². The smallest absolute Gasteiger partial charge is 0.228 e. The average molecular weight is 249 g/mol. The van der Waals surface area contributed by atoms with Crippen LogP contribution in [0.15, 0.2) is 0 Å². The molecule has 15 heavy (non-hydrogen) atoms. The number of anilines is 1. The van der Waals surface area contributed by atoms with Gasteiger partial charge in [0.2, 0.25) is 16.5 Å². The summed E-state index contributed by atoms with van der Waals surface area (Å²) in [6.07, 6.45) is 0.985. The van der Waals surface area contributed by atoms with E-state index in [2.05, 4.69) is 41.0 Å². The van der Waals surface area contributed by atoms with Gasteiger partial charge in [-0.25, -0.2) is 0 Å². The maximum Gasteiger partial charge on any atom is 0.228 e. The molecule has 1 rings (SSSR count). The summed E-state index contributed by atoms with van der Waals surface area (Å²) in [5, 5.41) is 3.39. The zero-order chi connectivity index (χ0) is 11.4. The second-order valence-electron chi connectivity index (χ2n) is 3.60. The van der Waals surface area contributed by atoms with Crippen LogP contribution in [0.1, 0.15) is 27.2 Å². The maximum absolute atomic E-state index is 5.67. The molecule has 0 saturated heterocycles. The van der Waals surface area contributed by atoms with Crippen LogP contribution < -0.4 is 5.32 Å². The molecule has 0 aliphatic heterocycles. The number of aromatic nitrogens is 3. The Morgan fingerprint density at radius 1 is 1.13 bits per heavy atom. The predicted octanol–water partition coefficient (Wildman–Crippen LogP) is 3.02. The highest BCUT2D eigenvalue weighted by molar-refractivity contribution is 6.31. The first-order valence-corrected chi connectivity index (χ1v) is 5.62. The molecule has 6 heteroatoms. The minimum Gasteiger partial charge on any atom is -0.351 e. The van der Waals surface area contributed by atoms with E-state index in [9.17, 15) is 0 Å². The molecule has 0 saturated carbocycles. The van der Waals surface area contributed by atoms with E-state index in [1.165, 1.54) is 0 Å². The van der Waals surface area contributed by atoms with Crippen molar-refractivity contribution in [2.75, 3.05) is 5.32 Å². The summed E-state index contributed by atoms with van der Waals surface area (Å²) in [6, 6.07) is 0.305. The topological polar surface area (TPSA) is 50.7 Å². The Balaban J connectivity index is 2.79. The number of halogens is 2. The molecule has 1 N–H and O–H groups in total. The number of hydrogen-bond acceptors (Lipinski definition) is 4. The van der Waals surface area contributed by atoms with Gasteiger partial charge in [-0.05, 0) is 35.5 Å². The molecule has 1 heterocycles. The van der Waals surface area contributed by atoms with E-state index in [0.29, 0.717) is 17.9 Å². The molecule has 0 aliphatic rings. The predicted molar refractivity (Wildman–Crippen MR) is 62.4 cm³/mol. The van der Waals surface area contributed by atoms with E-state index in [4.69, 9.17) is 23.2 Å². The first-order valence-electron chi connectivity index (χ1n) is 4.86. The highest BCUT2D eigenvalue weighted by atomic mass is 35.5. The van der Waals surface area contributed by atoms with Crippen molar-refractivity contribution in [3.8, 4) is 0 Å². The van der Waals surface area contributed by atoms with E-state index in [0.717, 1.165) is 6.42 Å². The van der Waals surface area contributed by atoms with Gasteiger partial charge in [0, 0.05) is 6.04 Å². The molecule has 0 spiro atoms. The normalized spacial score (nSPS) is 12.9. The Kier molecular flexibility index (Phi) is 4.54. The Labute approximate surface area is 99.4 Å². The fraction of sp³-hybridized carbons (Fsp3) is 0.667. The Hall–Kier alpha value is -0.610. The zero-order valence-corrected chi connectivity index (χ0v) is 10.5. The third kappa shape index (κ3) is 3.80. The molecule has 0 bridgehead atoms. The largest absolute Gasteiger partial charge is 0.351 e. The van der Waals surface area contributed by atoms with Crippen molar-refractivity contribution in [2.45, 2.75) is 33.2 Å². The fourth-order valence-corrected chi connectivity index (χ4v) is 1.66. The van der Waals surface area contributed by atoms with Crippen LogP contribution in [0.4, 0.5) is 5.95 Å². The lowest BCUT2D eigenvalue weighted by Gasteiger charge is -2.20. The Morgan fingerprint density at radius 3 is 2.07 bits per heavy atom. The maximum atomic E-state index is 5.67. The summed E-state index contributed by atoms with van der Waals surface area (Å²) in [5.74, 6) is 0.921. The van der Waals surface area contributed by atoms with Gasteiger partial charge in [0.05, 0.1) is 0 Å². The molecule has 1 atom stereocenters. The van der Waals surface area contributed by atoms with Crippen LogP contribution in [-0.4, -0.2) is 21.0 Å². The second-order valence-corrected chi connectivity index (χ2v) is 4.28. The Bertz CT molecular complexity index is 310. The van der Waals surface area contributed by atoms with Gasteiger partial charge in [0.15, 0.2) is 0 Å². The summed E-state index contributed by atoms with van der Waals surface area (Å²) in [4.78, 5) is 11.6. The van der Waals surface area contributed by atoms with Crippen LogP contribution in [0.2, 0.25) is 10.6 Å². The van der Waals surface area contributed by atoms with Crippen molar-refractivity contribution < 1.29 is 0 Å². The van der Waals surface area contributed by atoms with Gasteiger partial charge >= 0.3 is 0 Å². The number of rotatable bonds is 4. The van der Waals surface area contributed by atoms with Crippen LogP contribution in [0.25, 0.3) is 0 Å². The van der Waals surface area contributed by atoms with E-state index in [-0.39, 0.29) is 10.6 Å². The molecule has 1 aromatic rings. The highest BCUT2D eigenvalue weighted by Crippen LogP contribution is 2.14. The third-order valence-corrected chi connectivity index (χ3v) is 2.48. The first-order chi connectivity index (χ1) is 7.02. The lowest BCUT2D eigenvalue weighted by molar-refractivity contribution is 0.508. The fourth-order valence-electron chi connectivity index (χ4n) is 1.30. The van der Waals surface area contributed by atoms with E-state index in [1.54, 1.807) is 0 Å². The molecular weight excluding hydrogens is 235 g/mol. The Morgan fingerprint density at radius 2 is 1.67 bits per heavy atom. The molecule has 1 aromatic heterocycles. The standard InChI is InChI=1S/C9H14Cl2N4/c1-4-6(5(2)3)12-9-14-7(10)13-8(11)15-9/h5-6H,4H2,1-3H3,(H,12,13,14,15). The summed E-state index contributed by atoms with van der Waals surface area (Å²) in [5.41, 5.74) is 0. The van der Waals surface area contributed by atoms with Gasteiger partial charge in [-0.2, -0.15) is 15.0 Å². The lowest BCUT2D eigenvalue weighted by atomic mass is 10.0. The molecule has 1 unspecified atom stereocenters. The molecule has 84 valence electrons. The van der Waals surface area contributed by atoms with Crippen molar-refractivity contribution in [2.24, 2.45) is 5.92 Å². The molecule has 0 aliphatic carbocycles. The van der Waals surface area contributed by atoms with Gasteiger partial charge < -0.3 is 5.32 Å². The van der Waals surface area contributed by atoms with E-state index < -0.39 is 0 Å². The SMILES string of the molecule is CCC(Nc1nc(Cl)nc(Cl)n1)C(C)C. The van der Waals surface area contributed by atoms with Gasteiger partial charge in [-0.1, -0.05) is 20.8 Å². The van der Waals surface area contributed by atoms with Crippen LogP contribution in [-0.2, 0) is 0 Å². The summed E-state index contributed by atoms with van der Waals surface area (Å²) >= 11 is 11.3. The van der Waals surface area contributed by atoms with Crippen molar-refractivity contribution in [1.82, 2.24) is 15.0 Å². The van der Waals surface area contributed by atoms with Gasteiger partial charge in [-0.15, -0.1) is 0 Å². The molecular formula is C9H14Cl2N4. The third-order valence-electron chi connectivity index (χ3n) is 2.14. The lowest BCUT2D eigenvalue weighted by Crippen LogP contribution is -2.25. The second kappa shape index (κ2) is 5.47. The van der Waals surface area contributed by atoms with Crippen LogP contribution in [0.3, 0.4) is 0 Å². The van der Waals surface area contributed by atoms with Gasteiger partial charge in [0.25, 0.3) is 0 Å². The van der Waals surface area contributed by atoms with E-state index >= 15 is 0 Å². The summed E-state index contributed by atoms with van der Waals surface area (Å²) < 4.78 is 0. The quantitative estimate of drug-likeness (QED) is 0.891.